The van der Waals surface area contributed by atoms with E-state index in [1.54, 1.807) is 18.2 Å². The van der Waals surface area contributed by atoms with E-state index in [1.807, 2.05) is 72.8 Å². The molecule has 1 atom stereocenters. The third-order valence-electron chi connectivity index (χ3n) is 5.18. The molecule has 0 spiro atoms. The van der Waals surface area contributed by atoms with Crippen LogP contribution >= 0.6 is 23.4 Å². The predicted octanol–water partition coefficient (Wildman–Crippen LogP) is 5.08. The minimum Gasteiger partial charge on any atom is -0.347 e. The summed E-state index contributed by atoms with van der Waals surface area (Å²) in [5.41, 5.74) is 2.27. The zero-order valence-electron chi connectivity index (χ0n) is 17.6. The van der Waals surface area contributed by atoms with Crippen LogP contribution in [0.1, 0.15) is 11.1 Å². The molecule has 1 heterocycles. The van der Waals surface area contributed by atoms with Crippen molar-refractivity contribution in [3.05, 3.63) is 112 Å². The zero-order valence-corrected chi connectivity index (χ0v) is 19.1. The van der Waals surface area contributed by atoms with E-state index < -0.39 is 11.2 Å². The number of thioether (sulfide) groups is 1. The lowest BCUT2D eigenvalue weighted by Crippen LogP contribution is -2.32. The molecule has 164 valence electrons. The van der Waals surface area contributed by atoms with Gasteiger partial charge in [-0.3, -0.25) is 14.5 Å². The number of hydrogen-bond acceptors (Lipinski definition) is 4. The van der Waals surface area contributed by atoms with E-state index in [2.05, 4.69) is 5.32 Å². The lowest BCUT2D eigenvalue weighted by Gasteiger charge is -2.18. The molecule has 33 heavy (non-hydrogen) atoms. The van der Waals surface area contributed by atoms with E-state index in [0.29, 0.717) is 22.2 Å². The quantitative estimate of drug-likeness (QED) is 0.400. The minimum absolute atomic E-state index is 0.0882. The Morgan fingerprint density at radius 1 is 1.00 bits per heavy atom. The Morgan fingerprint density at radius 2 is 1.64 bits per heavy atom. The Labute approximate surface area is 201 Å². The Kier molecular flexibility index (Phi) is 7.13. The van der Waals surface area contributed by atoms with Crippen molar-refractivity contribution in [2.24, 2.45) is 0 Å². The first kappa shape index (κ1) is 22.7. The molecule has 5 nitrogen and oxygen atoms in total. The number of hydrogen-bond donors (Lipinski definition) is 1. The first-order chi connectivity index (χ1) is 16.1. The predicted molar refractivity (Wildman–Crippen MR) is 131 cm³/mol. The first-order valence-electron chi connectivity index (χ1n) is 10.3. The second kappa shape index (κ2) is 10.4. The number of carbonyl (C=O) groups excluding carboxylic acids is 2. The molecule has 1 N–H and O–H groups in total. The minimum atomic E-state index is -0.518. The number of halogens is 1. The van der Waals surface area contributed by atoms with Gasteiger partial charge >= 0.3 is 0 Å². The molecule has 1 aliphatic rings. The number of benzene rings is 3. The van der Waals surface area contributed by atoms with Crippen LogP contribution in [0.25, 0.3) is 0 Å². The summed E-state index contributed by atoms with van der Waals surface area (Å²) in [6.45, 7) is 0.283. The van der Waals surface area contributed by atoms with Crippen molar-refractivity contribution in [1.29, 1.82) is 5.26 Å². The molecule has 0 radical (unpaired) electrons. The zero-order chi connectivity index (χ0) is 23.2. The maximum atomic E-state index is 13.4. The average Bonchev–Trinajstić information content (AvgIpc) is 3.16. The van der Waals surface area contributed by atoms with Gasteiger partial charge in [-0.1, -0.05) is 90.1 Å². The number of para-hydroxylation sites is 1. The van der Waals surface area contributed by atoms with Gasteiger partial charge < -0.3 is 5.32 Å². The van der Waals surface area contributed by atoms with Crippen molar-refractivity contribution in [3.8, 4) is 6.07 Å². The second-order valence-corrected chi connectivity index (χ2v) is 8.97. The van der Waals surface area contributed by atoms with Gasteiger partial charge in [-0.15, -0.1) is 0 Å². The van der Waals surface area contributed by atoms with Gasteiger partial charge in [0, 0.05) is 17.3 Å². The first-order valence-corrected chi connectivity index (χ1v) is 11.6. The van der Waals surface area contributed by atoms with Crippen LogP contribution in [0.15, 0.2) is 95.5 Å². The lowest BCUT2D eigenvalue weighted by atomic mass is 10.1. The Bertz CT molecular complexity index is 1240. The fourth-order valence-corrected chi connectivity index (χ4v) is 5.04. The maximum absolute atomic E-state index is 13.4. The van der Waals surface area contributed by atoms with Crippen LogP contribution in [0.5, 0.6) is 0 Å². The molecule has 1 unspecified atom stereocenters. The van der Waals surface area contributed by atoms with Crippen LogP contribution in [-0.4, -0.2) is 17.1 Å². The van der Waals surface area contributed by atoms with Crippen molar-refractivity contribution in [3.63, 3.8) is 0 Å². The molecule has 0 saturated carbocycles. The number of nitriles is 1. The highest BCUT2D eigenvalue weighted by molar-refractivity contribution is 8.05. The van der Waals surface area contributed by atoms with Gasteiger partial charge in [0.05, 0.1) is 5.25 Å². The average molecular weight is 474 g/mol. The van der Waals surface area contributed by atoms with Gasteiger partial charge in [-0.2, -0.15) is 5.26 Å². The fraction of sp³-hybridized carbons (Fsp3) is 0.115. The van der Waals surface area contributed by atoms with E-state index in [1.165, 1.54) is 16.7 Å². The van der Waals surface area contributed by atoms with Gasteiger partial charge in [-0.25, -0.2) is 0 Å². The smallest absolute Gasteiger partial charge is 0.264 e. The number of nitrogens with one attached hydrogen (secondary N) is 1. The summed E-state index contributed by atoms with van der Waals surface area (Å²) in [5, 5.41) is 13.1. The molecule has 0 aliphatic carbocycles. The molecular formula is C26H20ClN3O2S. The van der Waals surface area contributed by atoms with E-state index in [4.69, 9.17) is 11.6 Å². The van der Waals surface area contributed by atoms with E-state index in [-0.39, 0.29) is 18.0 Å². The maximum Gasteiger partial charge on any atom is 0.264 e. The number of nitrogens with zero attached hydrogens (tertiary/aromatic N) is 2. The summed E-state index contributed by atoms with van der Waals surface area (Å²) in [5.74, 6) is -0.708. The Balaban J connectivity index is 1.67. The molecule has 1 aliphatic heterocycles. The highest BCUT2D eigenvalue weighted by Gasteiger charge is 2.40. The molecule has 1 fully saturated rings. The van der Waals surface area contributed by atoms with Gasteiger partial charge in [0.25, 0.3) is 5.91 Å². The van der Waals surface area contributed by atoms with Gasteiger partial charge in [0.2, 0.25) is 5.91 Å². The highest BCUT2D eigenvalue weighted by Crippen LogP contribution is 2.42. The molecule has 7 heteroatoms. The van der Waals surface area contributed by atoms with Crippen molar-refractivity contribution in [2.75, 3.05) is 4.90 Å². The third kappa shape index (κ3) is 5.11. The third-order valence-corrected chi connectivity index (χ3v) is 6.81. The van der Waals surface area contributed by atoms with Crippen LogP contribution in [-0.2, 0) is 22.6 Å². The van der Waals surface area contributed by atoms with Crippen molar-refractivity contribution in [1.82, 2.24) is 5.32 Å². The summed E-state index contributed by atoms with van der Waals surface area (Å²) in [7, 11) is 0. The molecule has 2 amide bonds. The normalized spacial score (nSPS) is 16.9. The molecule has 3 aromatic carbocycles. The monoisotopic (exact) mass is 473 g/mol. The summed E-state index contributed by atoms with van der Waals surface area (Å²) in [6, 6.07) is 27.9. The van der Waals surface area contributed by atoms with Crippen LogP contribution in [0.4, 0.5) is 5.69 Å². The van der Waals surface area contributed by atoms with Crippen LogP contribution in [0.2, 0.25) is 5.02 Å². The molecule has 4 rings (SSSR count). The fourth-order valence-electron chi connectivity index (χ4n) is 3.53. The number of anilines is 1. The Hall–Kier alpha value is -3.53. The number of carbonyl (C=O) groups is 2. The molecule has 0 aromatic heterocycles. The SMILES string of the molecule is N#CC(C(=O)NCc1ccccc1)=C1SC(Cc2ccccc2Cl)C(=O)N1c1ccccc1. The van der Waals surface area contributed by atoms with E-state index >= 15 is 0 Å². The van der Waals surface area contributed by atoms with E-state index in [0.717, 1.165) is 11.1 Å². The lowest BCUT2D eigenvalue weighted by molar-refractivity contribution is -0.117. The summed E-state index contributed by atoms with van der Waals surface area (Å²) >= 11 is 7.54. The van der Waals surface area contributed by atoms with Crippen molar-refractivity contribution in [2.45, 2.75) is 18.2 Å². The van der Waals surface area contributed by atoms with Gasteiger partial charge in [0.1, 0.15) is 16.7 Å². The molecule has 0 bridgehead atoms. The van der Waals surface area contributed by atoms with E-state index in [9.17, 15) is 14.9 Å². The summed E-state index contributed by atoms with van der Waals surface area (Å²) < 4.78 is 0. The molecule has 1 saturated heterocycles. The van der Waals surface area contributed by atoms with Gasteiger partial charge in [0.15, 0.2) is 0 Å². The summed E-state index contributed by atoms with van der Waals surface area (Å²) in [4.78, 5) is 27.9. The molecule has 3 aromatic rings. The Morgan fingerprint density at radius 3 is 2.30 bits per heavy atom. The molecular weight excluding hydrogens is 454 g/mol. The van der Waals surface area contributed by atoms with Crippen LogP contribution in [0, 0.1) is 11.3 Å². The second-order valence-electron chi connectivity index (χ2n) is 7.37. The van der Waals surface area contributed by atoms with Gasteiger partial charge in [-0.05, 0) is 35.7 Å². The standard InChI is InChI=1S/C26H20ClN3O2S/c27-22-14-8-7-11-19(22)15-23-25(32)30(20-12-5-2-6-13-20)26(33-23)21(16-28)24(31)29-17-18-9-3-1-4-10-18/h1-14,23H,15,17H2,(H,29,31). The largest absolute Gasteiger partial charge is 0.347 e. The van der Waals surface area contributed by atoms with Crippen LogP contribution < -0.4 is 10.2 Å². The van der Waals surface area contributed by atoms with Crippen molar-refractivity contribution >= 4 is 40.9 Å². The van der Waals surface area contributed by atoms with Crippen molar-refractivity contribution < 1.29 is 9.59 Å². The highest BCUT2D eigenvalue weighted by atomic mass is 35.5. The number of amides is 2. The van der Waals surface area contributed by atoms with Crippen LogP contribution in [0.3, 0.4) is 0 Å². The topological polar surface area (TPSA) is 73.2 Å². The number of rotatable bonds is 6. The summed E-state index contributed by atoms with van der Waals surface area (Å²) in [6.07, 6.45) is 0.389.